The standard InChI is InChI=1S/C18H20N2O2/c1-16(2)17(3)5-6-18(16,4)15-14(17)19-10-7-12-13(22-9-21-12)8-11(10)20-15/h7-8H,5-6,9H2,1-4H3. The van der Waals surface area contributed by atoms with Crippen LogP contribution in [0.5, 0.6) is 11.5 Å². The zero-order valence-electron chi connectivity index (χ0n) is 13.5. The van der Waals surface area contributed by atoms with E-state index in [1.54, 1.807) is 0 Å². The van der Waals surface area contributed by atoms with Gasteiger partial charge in [-0.3, -0.25) is 0 Å². The molecule has 1 saturated carbocycles. The first-order valence-corrected chi connectivity index (χ1v) is 7.99. The maximum absolute atomic E-state index is 5.48. The van der Waals surface area contributed by atoms with Crippen LogP contribution in [0.4, 0.5) is 0 Å². The largest absolute Gasteiger partial charge is 0.454 e. The summed E-state index contributed by atoms with van der Waals surface area (Å²) in [5.74, 6) is 1.56. The lowest BCUT2D eigenvalue weighted by molar-refractivity contribution is 0.168. The van der Waals surface area contributed by atoms with E-state index in [4.69, 9.17) is 19.4 Å². The van der Waals surface area contributed by atoms with Gasteiger partial charge in [-0.15, -0.1) is 0 Å². The van der Waals surface area contributed by atoms with Crippen molar-refractivity contribution >= 4 is 11.0 Å². The predicted octanol–water partition coefficient (Wildman–Crippen LogP) is 3.71. The third-order valence-electron chi connectivity index (χ3n) is 7.09. The highest BCUT2D eigenvalue weighted by atomic mass is 16.7. The van der Waals surface area contributed by atoms with Gasteiger partial charge >= 0.3 is 0 Å². The van der Waals surface area contributed by atoms with Gasteiger partial charge in [-0.2, -0.15) is 0 Å². The van der Waals surface area contributed by atoms with Gasteiger partial charge in [0.05, 0.1) is 22.4 Å². The lowest BCUT2D eigenvalue weighted by Crippen LogP contribution is -2.38. The van der Waals surface area contributed by atoms with Gasteiger partial charge in [-0.25, -0.2) is 9.97 Å². The highest BCUT2D eigenvalue weighted by Crippen LogP contribution is 2.69. The first-order valence-electron chi connectivity index (χ1n) is 7.99. The maximum atomic E-state index is 5.48. The monoisotopic (exact) mass is 296 g/mol. The Bertz CT molecular complexity index is 778. The van der Waals surface area contributed by atoms with Crippen molar-refractivity contribution in [2.24, 2.45) is 5.41 Å². The Morgan fingerprint density at radius 3 is 1.73 bits per heavy atom. The molecule has 114 valence electrons. The summed E-state index contributed by atoms with van der Waals surface area (Å²) in [6, 6.07) is 3.94. The molecule has 1 aliphatic heterocycles. The fraction of sp³-hybridized carbons (Fsp3) is 0.556. The molecule has 1 aromatic heterocycles. The lowest BCUT2D eigenvalue weighted by atomic mass is 9.65. The maximum Gasteiger partial charge on any atom is 0.231 e. The van der Waals surface area contributed by atoms with Crippen molar-refractivity contribution in [2.75, 3.05) is 6.79 Å². The average molecular weight is 296 g/mol. The molecule has 0 spiro atoms. The van der Waals surface area contributed by atoms with E-state index in [-0.39, 0.29) is 23.0 Å². The summed E-state index contributed by atoms with van der Waals surface area (Å²) < 4.78 is 11.0. The third kappa shape index (κ3) is 1.12. The molecule has 22 heavy (non-hydrogen) atoms. The molecule has 3 aliphatic rings. The van der Waals surface area contributed by atoms with Crippen LogP contribution >= 0.6 is 0 Å². The molecule has 2 unspecified atom stereocenters. The van der Waals surface area contributed by atoms with Crippen molar-refractivity contribution in [1.29, 1.82) is 0 Å². The van der Waals surface area contributed by atoms with Crippen LogP contribution < -0.4 is 9.47 Å². The smallest absolute Gasteiger partial charge is 0.231 e. The second-order valence-electron chi connectivity index (χ2n) is 7.90. The second kappa shape index (κ2) is 3.39. The number of nitrogens with zero attached hydrogens (tertiary/aromatic N) is 2. The average Bonchev–Trinajstić information content (AvgIpc) is 3.03. The summed E-state index contributed by atoms with van der Waals surface area (Å²) in [6.07, 6.45) is 2.38. The summed E-state index contributed by atoms with van der Waals surface area (Å²) in [4.78, 5) is 10.1. The van der Waals surface area contributed by atoms with Gasteiger partial charge in [0.2, 0.25) is 6.79 Å². The Labute approximate surface area is 129 Å². The molecule has 0 N–H and O–H groups in total. The zero-order valence-corrected chi connectivity index (χ0v) is 13.5. The molecule has 5 rings (SSSR count). The van der Waals surface area contributed by atoms with Crippen LogP contribution in [0, 0.1) is 5.41 Å². The number of hydrogen-bond acceptors (Lipinski definition) is 4. The molecule has 0 amide bonds. The van der Waals surface area contributed by atoms with Crippen molar-refractivity contribution in [3.05, 3.63) is 23.5 Å². The Hall–Kier alpha value is -1.84. The van der Waals surface area contributed by atoms with E-state index < -0.39 is 0 Å². The number of benzene rings is 1. The van der Waals surface area contributed by atoms with Gasteiger partial charge in [0.1, 0.15) is 0 Å². The number of fused-ring (bicyclic) bond motifs is 7. The second-order valence-corrected chi connectivity index (χ2v) is 7.90. The summed E-state index contributed by atoms with van der Waals surface area (Å²) >= 11 is 0. The van der Waals surface area contributed by atoms with Gasteiger partial charge in [0, 0.05) is 23.0 Å². The Balaban J connectivity index is 1.85. The van der Waals surface area contributed by atoms with Crippen LogP contribution in [0.2, 0.25) is 0 Å². The first kappa shape index (κ1) is 12.7. The minimum Gasteiger partial charge on any atom is -0.454 e. The number of ether oxygens (including phenoxy) is 2. The molecule has 2 aliphatic carbocycles. The van der Waals surface area contributed by atoms with Crippen molar-refractivity contribution in [2.45, 2.75) is 51.4 Å². The van der Waals surface area contributed by atoms with Crippen LogP contribution in [0.15, 0.2) is 12.1 Å². The summed E-state index contributed by atoms with van der Waals surface area (Å²) in [7, 11) is 0. The van der Waals surface area contributed by atoms with E-state index in [2.05, 4.69) is 27.7 Å². The van der Waals surface area contributed by atoms with Gasteiger partial charge in [-0.05, 0) is 18.3 Å². The molecule has 1 fully saturated rings. The molecule has 0 radical (unpaired) electrons. The van der Waals surface area contributed by atoms with E-state index >= 15 is 0 Å². The van der Waals surface area contributed by atoms with Crippen LogP contribution in [0.25, 0.3) is 11.0 Å². The summed E-state index contributed by atoms with van der Waals surface area (Å²) in [5.41, 5.74) is 4.60. The fourth-order valence-electron chi connectivity index (χ4n) is 4.78. The van der Waals surface area contributed by atoms with Gasteiger partial charge in [0.25, 0.3) is 0 Å². The SMILES string of the molecule is CC12CCC(C)(c3nc4cc5c(cc4nc31)OCO5)C2(C)C. The highest BCUT2D eigenvalue weighted by Gasteiger charge is 2.67. The van der Waals surface area contributed by atoms with Gasteiger partial charge < -0.3 is 9.47 Å². The molecule has 2 aromatic rings. The number of rotatable bonds is 0. The van der Waals surface area contributed by atoms with Crippen LogP contribution in [0.1, 0.15) is 51.9 Å². The fourth-order valence-corrected chi connectivity index (χ4v) is 4.78. The van der Waals surface area contributed by atoms with E-state index in [9.17, 15) is 0 Å². The topological polar surface area (TPSA) is 44.2 Å². The minimum atomic E-state index is 0.106. The van der Waals surface area contributed by atoms with Crippen molar-refractivity contribution < 1.29 is 9.47 Å². The first-order chi connectivity index (χ1) is 10.4. The molecular formula is C18H20N2O2. The summed E-state index contributed by atoms with van der Waals surface area (Å²) in [6.45, 7) is 9.75. The number of hydrogen-bond donors (Lipinski definition) is 0. The highest BCUT2D eigenvalue weighted by molar-refractivity contribution is 5.80. The van der Waals surface area contributed by atoms with Crippen molar-refractivity contribution in [3.8, 4) is 11.5 Å². The van der Waals surface area contributed by atoms with E-state index in [1.807, 2.05) is 12.1 Å². The molecular weight excluding hydrogens is 276 g/mol. The molecule has 4 nitrogen and oxygen atoms in total. The Morgan fingerprint density at radius 2 is 1.27 bits per heavy atom. The Kier molecular flexibility index (Phi) is 1.95. The van der Waals surface area contributed by atoms with E-state index in [0.717, 1.165) is 22.5 Å². The van der Waals surface area contributed by atoms with E-state index in [0.29, 0.717) is 0 Å². The van der Waals surface area contributed by atoms with Crippen molar-refractivity contribution in [1.82, 2.24) is 9.97 Å². The van der Waals surface area contributed by atoms with Gasteiger partial charge in [0.15, 0.2) is 11.5 Å². The molecule has 2 heterocycles. The number of aromatic nitrogens is 2. The van der Waals surface area contributed by atoms with Crippen LogP contribution in [-0.4, -0.2) is 16.8 Å². The molecule has 2 bridgehead atoms. The quantitative estimate of drug-likeness (QED) is 0.743. The summed E-state index contributed by atoms with van der Waals surface area (Å²) in [5, 5.41) is 0. The molecule has 0 saturated heterocycles. The van der Waals surface area contributed by atoms with Crippen molar-refractivity contribution in [3.63, 3.8) is 0 Å². The van der Waals surface area contributed by atoms with Gasteiger partial charge in [-0.1, -0.05) is 27.7 Å². The third-order valence-corrected chi connectivity index (χ3v) is 7.09. The normalized spacial score (nSPS) is 33.5. The zero-order chi connectivity index (χ0) is 15.3. The Morgan fingerprint density at radius 1 is 0.818 bits per heavy atom. The minimum absolute atomic E-state index is 0.106. The van der Waals surface area contributed by atoms with Crippen LogP contribution in [-0.2, 0) is 10.8 Å². The predicted molar refractivity (Wildman–Crippen MR) is 83.4 cm³/mol. The van der Waals surface area contributed by atoms with E-state index in [1.165, 1.54) is 24.2 Å². The molecule has 2 atom stereocenters. The lowest BCUT2D eigenvalue weighted by Gasteiger charge is -2.38. The molecule has 4 heteroatoms. The molecule has 1 aromatic carbocycles. The van der Waals surface area contributed by atoms with Crippen LogP contribution in [0.3, 0.4) is 0 Å².